The van der Waals surface area contributed by atoms with Gasteiger partial charge in [0.25, 0.3) is 0 Å². The summed E-state index contributed by atoms with van der Waals surface area (Å²) in [5.74, 6) is 0.774. The third-order valence-corrected chi connectivity index (χ3v) is 4.67. The maximum Gasteiger partial charge on any atom is 0.119 e. The van der Waals surface area contributed by atoms with Gasteiger partial charge in [-0.25, -0.2) is 0 Å². The zero-order chi connectivity index (χ0) is 13.0. The van der Waals surface area contributed by atoms with Crippen molar-refractivity contribution < 1.29 is 0 Å². The van der Waals surface area contributed by atoms with E-state index < -0.39 is 0 Å². The Balaban J connectivity index is 2.20. The summed E-state index contributed by atoms with van der Waals surface area (Å²) in [4.78, 5) is 0. The first-order chi connectivity index (χ1) is 8.76. The smallest absolute Gasteiger partial charge is 0.119 e. The van der Waals surface area contributed by atoms with E-state index in [9.17, 15) is 0 Å². The Morgan fingerprint density at radius 1 is 1.22 bits per heavy atom. The fourth-order valence-electron chi connectivity index (χ4n) is 2.31. The second-order valence-electron chi connectivity index (χ2n) is 4.79. The molecule has 1 atom stereocenters. The van der Waals surface area contributed by atoms with Crippen molar-refractivity contribution in [1.82, 2.24) is 8.75 Å². The predicted molar refractivity (Wildman–Crippen MR) is 82.1 cm³/mol. The van der Waals surface area contributed by atoms with Crippen LogP contribution in [0, 0.1) is 5.92 Å². The van der Waals surface area contributed by atoms with E-state index in [-0.39, 0.29) is 0 Å². The van der Waals surface area contributed by atoms with Gasteiger partial charge in [-0.05, 0) is 39.9 Å². The molecule has 1 heterocycles. The highest BCUT2D eigenvalue weighted by molar-refractivity contribution is 9.10. The van der Waals surface area contributed by atoms with Crippen LogP contribution in [0.1, 0.15) is 45.1 Å². The molecule has 0 saturated heterocycles. The largest absolute Gasteiger partial charge is 0.173 e. The lowest BCUT2D eigenvalue weighted by molar-refractivity contribution is 0.450. The molecule has 0 saturated carbocycles. The van der Waals surface area contributed by atoms with Gasteiger partial charge in [0.2, 0.25) is 0 Å². The van der Waals surface area contributed by atoms with Crippen molar-refractivity contribution in [2.24, 2.45) is 5.92 Å². The highest BCUT2D eigenvalue weighted by atomic mass is 79.9. The SMILES string of the molecule is CCCCC(CC)Cc1ccc(Br)c2nsnc12. The van der Waals surface area contributed by atoms with Crippen molar-refractivity contribution in [3.05, 3.63) is 22.2 Å². The molecule has 4 heteroatoms. The van der Waals surface area contributed by atoms with E-state index in [0.717, 1.165) is 27.8 Å². The van der Waals surface area contributed by atoms with Crippen LogP contribution in [0.25, 0.3) is 11.0 Å². The number of hydrogen-bond acceptors (Lipinski definition) is 3. The molecule has 0 bridgehead atoms. The molecular weight excluding hydrogens is 308 g/mol. The highest BCUT2D eigenvalue weighted by Crippen LogP contribution is 2.28. The van der Waals surface area contributed by atoms with Gasteiger partial charge in [0.1, 0.15) is 11.0 Å². The molecule has 1 unspecified atom stereocenters. The summed E-state index contributed by atoms with van der Waals surface area (Å²) in [6.07, 6.45) is 6.31. The number of fused-ring (bicyclic) bond motifs is 1. The summed E-state index contributed by atoms with van der Waals surface area (Å²) in [6.45, 7) is 4.55. The van der Waals surface area contributed by atoms with Gasteiger partial charge in [-0.1, -0.05) is 45.6 Å². The van der Waals surface area contributed by atoms with Gasteiger partial charge in [-0.15, -0.1) is 0 Å². The Labute approximate surface area is 121 Å². The lowest BCUT2D eigenvalue weighted by Crippen LogP contribution is -2.04. The van der Waals surface area contributed by atoms with Crippen molar-refractivity contribution in [1.29, 1.82) is 0 Å². The maximum absolute atomic E-state index is 4.45. The summed E-state index contributed by atoms with van der Waals surface area (Å²) in [6, 6.07) is 4.30. The topological polar surface area (TPSA) is 25.8 Å². The Bertz CT molecular complexity index is 509. The number of aromatic nitrogens is 2. The van der Waals surface area contributed by atoms with Gasteiger partial charge in [-0.2, -0.15) is 8.75 Å². The molecule has 98 valence electrons. The van der Waals surface area contributed by atoms with E-state index >= 15 is 0 Å². The minimum absolute atomic E-state index is 0.774. The molecule has 0 radical (unpaired) electrons. The van der Waals surface area contributed by atoms with Gasteiger partial charge < -0.3 is 0 Å². The average molecular weight is 327 g/mol. The van der Waals surface area contributed by atoms with Crippen LogP contribution in [0.15, 0.2) is 16.6 Å². The first-order valence-corrected chi connectivity index (χ1v) is 8.18. The standard InChI is InChI=1S/C14H19BrN2S/c1-3-5-6-10(4-2)9-11-7-8-12(15)14-13(11)16-18-17-14/h7-8,10H,3-6,9H2,1-2H3. The van der Waals surface area contributed by atoms with Gasteiger partial charge in [-0.3, -0.25) is 0 Å². The molecule has 0 amide bonds. The number of benzene rings is 1. The van der Waals surface area contributed by atoms with Crippen LogP contribution in [-0.2, 0) is 6.42 Å². The molecule has 0 N–H and O–H groups in total. The van der Waals surface area contributed by atoms with Crippen molar-refractivity contribution >= 4 is 38.7 Å². The molecule has 0 aliphatic carbocycles. The molecule has 0 fully saturated rings. The number of unbranched alkanes of at least 4 members (excludes halogenated alkanes) is 1. The summed E-state index contributed by atoms with van der Waals surface area (Å²) >= 11 is 4.84. The second kappa shape index (κ2) is 6.62. The highest BCUT2D eigenvalue weighted by Gasteiger charge is 2.13. The molecule has 0 spiro atoms. The van der Waals surface area contributed by atoms with E-state index in [1.54, 1.807) is 0 Å². The van der Waals surface area contributed by atoms with Gasteiger partial charge >= 0.3 is 0 Å². The van der Waals surface area contributed by atoms with Gasteiger partial charge in [0.05, 0.1) is 11.7 Å². The Morgan fingerprint density at radius 2 is 2.00 bits per heavy atom. The molecule has 1 aromatic carbocycles. The predicted octanol–water partition coefficient (Wildman–Crippen LogP) is 5.21. The average Bonchev–Trinajstić information content (AvgIpc) is 2.87. The van der Waals surface area contributed by atoms with Crippen molar-refractivity contribution in [2.45, 2.75) is 46.0 Å². The van der Waals surface area contributed by atoms with Gasteiger partial charge in [0, 0.05) is 4.47 Å². The van der Waals surface area contributed by atoms with Crippen LogP contribution in [0.3, 0.4) is 0 Å². The van der Waals surface area contributed by atoms with Crippen LogP contribution in [0.5, 0.6) is 0 Å². The van der Waals surface area contributed by atoms with Crippen LogP contribution < -0.4 is 0 Å². The molecule has 2 nitrogen and oxygen atoms in total. The zero-order valence-electron chi connectivity index (χ0n) is 10.9. The van der Waals surface area contributed by atoms with Crippen LogP contribution in [-0.4, -0.2) is 8.75 Å². The number of hydrogen-bond donors (Lipinski definition) is 0. The minimum Gasteiger partial charge on any atom is -0.173 e. The fraction of sp³-hybridized carbons (Fsp3) is 0.571. The van der Waals surface area contributed by atoms with E-state index in [2.05, 4.69) is 50.7 Å². The van der Waals surface area contributed by atoms with Crippen molar-refractivity contribution in [3.8, 4) is 0 Å². The molecule has 1 aromatic heterocycles. The summed E-state index contributed by atoms with van der Waals surface area (Å²) in [5, 5.41) is 0. The number of halogens is 1. The number of nitrogens with zero attached hydrogens (tertiary/aromatic N) is 2. The van der Waals surface area contributed by atoms with Crippen molar-refractivity contribution in [3.63, 3.8) is 0 Å². The second-order valence-corrected chi connectivity index (χ2v) is 6.17. The molecule has 2 aromatic rings. The third-order valence-electron chi connectivity index (χ3n) is 3.50. The normalized spacial score (nSPS) is 13.1. The van der Waals surface area contributed by atoms with Crippen LogP contribution >= 0.6 is 27.7 Å². The molecule has 0 aliphatic heterocycles. The molecular formula is C14H19BrN2S. The van der Waals surface area contributed by atoms with Crippen LogP contribution in [0.4, 0.5) is 0 Å². The Hall–Kier alpha value is -0.480. The summed E-state index contributed by atoms with van der Waals surface area (Å²) in [5.41, 5.74) is 3.46. The fourth-order valence-corrected chi connectivity index (χ4v) is 3.43. The van der Waals surface area contributed by atoms with E-state index in [0.29, 0.717) is 0 Å². The first-order valence-electron chi connectivity index (χ1n) is 6.65. The molecule has 2 rings (SSSR count). The van der Waals surface area contributed by atoms with Crippen molar-refractivity contribution in [2.75, 3.05) is 0 Å². The molecule has 0 aliphatic rings. The summed E-state index contributed by atoms with van der Waals surface area (Å²) in [7, 11) is 0. The van der Waals surface area contributed by atoms with E-state index in [4.69, 9.17) is 0 Å². The minimum atomic E-state index is 0.774. The zero-order valence-corrected chi connectivity index (χ0v) is 13.4. The maximum atomic E-state index is 4.45. The third kappa shape index (κ3) is 3.09. The summed E-state index contributed by atoms with van der Waals surface area (Å²) < 4.78 is 9.86. The quantitative estimate of drug-likeness (QED) is 0.727. The van der Waals surface area contributed by atoms with Gasteiger partial charge in [0.15, 0.2) is 0 Å². The van der Waals surface area contributed by atoms with E-state index in [1.807, 2.05) is 0 Å². The lowest BCUT2D eigenvalue weighted by atomic mass is 9.91. The first kappa shape index (κ1) is 13.9. The Morgan fingerprint density at radius 3 is 2.72 bits per heavy atom. The lowest BCUT2D eigenvalue weighted by Gasteiger charge is -2.14. The Kier molecular flexibility index (Phi) is 5.13. The monoisotopic (exact) mass is 326 g/mol. The molecule has 18 heavy (non-hydrogen) atoms. The van der Waals surface area contributed by atoms with E-state index in [1.165, 1.54) is 43.0 Å². The van der Waals surface area contributed by atoms with Crippen LogP contribution in [0.2, 0.25) is 0 Å². The number of rotatable bonds is 6.